The van der Waals surface area contributed by atoms with Gasteiger partial charge in [-0.3, -0.25) is 4.79 Å². The number of aryl methyl sites for hydroxylation is 1. The summed E-state index contributed by atoms with van der Waals surface area (Å²) in [5.41, 5.74) is -2.59. The summed E-state index contributed by atoms with van der Waals surface area (Å²) in [6.45, 7) is 1.07. The molecular formula is C21H21ClF2N6O3. The number of β-amino-alcohol motifs (C(OH)–C–C–N with tert-alkyl or cyclic N) is 1. The van der Waals surface area contributed by atoms with Crippen molar-refractivity contribution in [2.75, 3.05) is 28.6 Å². The Morgan fingerprint density at radius 1 is 1.30 bits per heavy atom. The average molecular weight is 479 g/mol. The van der Waals surface area contributed by atoms with E-state index in [4.69, 9.17) is 11.6 Å². The first-order valence-electron chi connectivity index (χ1n) is 10.0. The van der Waals surface area contributed by atoms with Gasteiger partial charge in [0.25, 0.3) is 5.91 Å². The van der Waals surface area contributed by atoms with Crippen LogP contribution in [-0.4, -0.2) is 50.3 Å². The van der Waals surface area contributed by atoms with Gasteiger partial charge >= 0.3 is 5.57 Å². The molecule has 3 aromatic rings. The highest BCUT2D eigenvalue weighted by Gasteiger charge is 2.27. The van der Waals surface area contributed by atoms with Crippen LogP contribution in [-0.2, 0) is 7.05 Å². The van der Waals surface area contributed by atoms with Crippen molar-refractivity contribution in [1.82, 2.24) is 14.5 Å². The second-order valence-corrected chi connectivity index (χ2v) is 7.96. The van der Waals surface area contributed by atoms with E-state index in [1.54, 1.807) is 23.2 Å². The number of imidazole rings is 1. The van der Waals surface area contributed by atoms with Gasteiger partial charge in [0, 0.05) is 43.6 Å². The topological polar surface area (TPSA) is 105 Å². The predicted octanol–water partition coefficient (Wildman–Crippen LogP) is 3.55. The van der Waals surface area contributed by atoms with Gasteiger partial charge in [0.05, 0.1) is 29.9 Å². The number of aliphatic hydroxyl groups is 1. The summed E-state index contributed by atoms with van der Waals surface area (Å²) in [6.07, 6.45) is 4.91. The van der Waals surface area contributed by atoms with Crippen molar-refractivity contribution in [3.8, 4) is 5.75 Å². The van der Waals surface area contributed by atoms with Crippen LogP contribution in [0.3, 0.4) is 0 Å². The van der Waals surface area contributed by atoms with Crippen LogP contribution in [0.5, 0.6) is 5.75 Å². The minimum absolute atomic E-state index is 0.144. The van der Waals surface area contributed by atoms with Crippen LogP contribution in [0.15, 0.2) is 49.1 Å². The number of pyridine rings is 1. The molecule has 0 bridgehead atoms. The molecule has 1 saturated heterocycles. The maximum atomic E-state index is 12.8. The molecule has 1 amide bonds. The van der Waals surface area contributed by atoms with Crippen LogP contribution >= 0.6 is 11.6 Å². The minimum atomic E-state index is -3.82. The number of carbonyl (C=O) groups is 1. The Morgan fingerprint density at radius 3 is 2.67 bits per heavy atom. The number of amides is 1. The quantitative estimate of drug-likeness (QED) is 0.446. The van der Waals surface area contributed by atoms with Crippen LogP contribution in [0.1, 0.15) is 16.8 Å². The van der Waals surface area contributed by atoms with E-state index in [9.17, 15) is 18.7 Å². The van der Waals surface area contributed by atoms with Crippen LogP contribution < -0.4 is 20.3 Å². The highest BCUT2D eigenvalue weighted by molar-refractivity contribution is 6.20. The normalized spacial score (nSPS) is 16.0. The van der Waals surface area contributed by atoms with Crippen molar-refractivity contribution in [1.29, 1.82) is 0 Å². The summed E-state index contributed by atoms with van der Waals surface area (Å²) in [7, 11) is 1.83. The number of rotatable bonds is 7. The summed E-state index contributed by atoms with van der Waals surface area (Å²) in [5, 5.41) is 15.8. The maximum Gasteiger partial charge on any atom is 0.487 e. The largest absolute Gasteiger partial charge is 0.487 e. The van der Waals surface area contributed by atoms with Crippen LogP contribution in [0, 0.1) is 0 Å². The number of aromatic nitrogens is 3. The number of carbonyl (C=O) groups excluding carboxylic acids is 1. The lowest BCUT2D eigenvalue weighted by atomic mass is 10.2. The van der Waals surface area contributed by atoms with E-state index in [1.165, 1.54) is 30.5 Å². The molecule has 12 heteroatoms. The highest BCUT2D eigenvalue weighted by Crippen LogP contribution is 2.31. The van der Waals surface area contributed by atoms with E-state index in [0.29, 0.717) is 42.5 Å². The van der Waals surface area contributed by atoms with Crippen LogP contribution in [0.4, 0.5) is 31.8 Å². The summed E-state index contributed by atoms with van der Waals surface area (Å²) >= 11 is 4.75. The molecule has 1 atom stereocenters. The lowest BCUT2D eigenvalue weighted by Gasteiger charge is -2.21. The highest BCUT2D eigenvalue weighted by atomic mass is 35.5. The molecule has 0 unspecified atom stereocenters. The molecule has 3 heterocycles. The number of nitrogens with one attached hydrogen (secondary N) is 2. The fraction of sp³-hybridized carbons (Fsp3) is 0.286. The van der Waals surface area contributed by atoms with Gasteiger partial charge in [0.1, 0.15) is 11.6 Å². The van der Waals surface area contributed by atoms with Crippen molar-refractivity contribution < 1.29 is 23.4 Å². The van der Waals surface area contributed by atoms with Gasteiger partial charge in [0.2, 0.25) is 0 Å². The van der Waals surface area contributed by atoms with Crippen LogP contribution in [0.2, 0.25) is 0 Å². The Bertz CT molecular complexity index is 1140. The Hall–Kier alpha value is -3.44. The molecule has 0 spiro atoms. The second-order valence-electron chi connectivity index (χ2n) is 7.52. The summed E-state index contributed by atoms with van der Waals surface area (Å²) in [4.78, 5) is 23.3. The molecule has 0 saturated carbocycles. The van der Waals surface area contributed by atoms with Gasteiger partial charge in [-0.15, -0.1) is 8.78 Å². The molecule has 3 N–H and O–H groups in total. The summed E-state index contributed by atoms with van der Waals surface area (Å²) in [6, 6.07) is 7.01. The Morgan fingerprint density at radius 2 is 2.06 bits per heavy atom. The molecule has 1 fully saturated rings. The van der Waals surface area contributed by atoms with Gasteiger partial charge in [-0.2, -0.15) is 0 Å². The molecule has 4 rings (SSSR count). The maximum absolute atomic E-state index is 12.8. The Labute approximate surface area is 193 Å². The van der Waals surface area contributed by atoms with Crippen LogP contribution in [0.25, 0.3) is 0 Å². The zero-order chi connectivity index (χ0) is 23.6. The summed E-state index contributed by atoms with van der Waals surface area (Å²) < 4.78 is 31.5. The monoisotopic (exact) mass is 478 g/mol. The van der Waals surface area contributed by atoms with E-state index in [2.05, 4.69) is 25.3 Å². The molecule has 0 radical (unpaired) electrons. The first-order chi connectivity index (χ1) is 15.7. The van der Waals surface area contributed by atoms with E-state index in [0.717, 1.165) is 0 Å². The van der Waals surface area contributed by atoms with Gasteiger partial charge < -0.3 is 29.9 Å². The number of ether oxygens (including phenoxy) is 1. The van der Waals surface area contributed by atoms with Gasteiger partial charge in [-0.05, 0) is 36.8 Å². The molecule has 0 aliphatic carbocycles. The zero-order valence-electron chi connectivity index (χ0n) is 17.5. The molecule has 1 aliphatic rings. The molecule has 1 aliphatic heterocycles. The number of anilines is 4. The average Bonchev–Trinajstić information content (AvgIpc) is 3.36. The molecule has 2 aromatic heterocycles. The smallest absolute Gasteiger partial charge is 0.420 e. The zero-order valence-corrected chi connectivity index (χ0v) is 18.3. The number of aliphatic hydroxyl groups excluding tert-OH is 1. The van der Waals surface area contributed by atoms with E-state index < -0.39 is 17.6 Å². The SMILES string of the molecule is Cn1cncc1Nc1cc(C(=O)Nc2ccc(OC(F)(F)Cl)cc2)cnc1N1CC[C@@H](O)C1. The molecule has 33 heavy (non-hydrogen) atoms. The predicted molar refractivity (Wildman–Crippen MR) is 119 cm³/mol. The van der Waals surface area contributed by atoms with E-state index >= 15 is 0 Å². The van der Waals surface area contributed by atoms with E-state index in [-0.39, 0.29) is 11.3 Å². The lowest BCUT2D eigenvalue weighted by Crippen LogP contribution is -2.24. The molecule has 174 valence electrons. The number of halogens is 3. The van der Waals surface area contributed by atoms with Crippen molar-refractivity contribution >= 4 is 40.5 Å². The third-order valence-corrected chi connectivity index (χ3v) is 5.09. The summed E-state index contributed by atoms with van der Waals surface area (Å²) in [5.74, 6) is 0.712. The van der Waals surface area contributed by atoms with Crippen molar-refractivity contribution in [2.24, 2.45) is 7.05 Å². The van der Waals surface area contributed by atoms with Gasteiger partial charge in [0.15, 0.2) is 5.82 Å². The third kappa shape index (κ3) is 5.68. The third-order valence-electron chi connectivity index (χ3n) is 5.02. The molecule has 1 aromatic carbocycles. The van der Waals surface area contributed by atoms with Crippen molar-refractivity contribution in [2.45, 2.75) is 18.1 Å². The second kappa shape index (κ2) is 9.20. The number of alkyl halides is 3. The molecular weight excluding hydrogens is 458 g/mol. The standard InChI is InChI=1S/C21H21ClF2N6O3/c1-29-12-25-10-18(29)28-17-8-13(9-26-19(17)30-7-6-15(31)11-30)20(32)27-14-2-4-16(5-3-14)33-21(22,23)24/h2-5,8-10,12,15,28,31H,6-7,11H2,1H3,(H,27,32)/t15-/m1/s1. The van der Waals surface area contributed by atoms with Gasteiger partial charge in [-0.1, -0.05) is 0 Å². The fourth-order valence-electron chi connectivity index (χ4n) is 3.42. The number of hydrogen-bond acceptors (Lipinski definition) is 7. The van der Waals surface area contributed by atoms with Gasteiger partial charge in [-0.25, -0.2) is 9.97 Å². The number of hydrogen-bond donors (Lipinski definition) is 3. The fourth-order valence-corrected chi connectivity index (χ4v) is 3.51. The first kappa shape index (κ1) is 22.7. The van der Waals surface area contributed by atoms with Crippen molar-refractivity contribution in [3.63, 3.8) is 0 Å². The van der Waals surface area contributed by atoms with Crippen molar-refractivity contribution in [3.05, 3.63) is 54.6 Å². The number of benzene rings is 1. The lowest BCUT2D eigenvalue weighted by molar-refractivity contribution is -0.0964. The Balaban J connectivity index is 1.55. The first-order valence-corrected chi connectivity index (χ1v) is 10.4. The molecule has 9 nitrogen and oxygen atoms in total. The van der Waals surface area contributed by atoms with E-state index in [1.807, 2.05) is 11.9 Å². The number of nitrogens with zero attached hydrogens (tertiary/aromatic N) is 4. The minimum Gasteiger partial charge on any atom is -0.420 e. The Kier molecular flexibility index (Phi) is 6.34.